The van der Waals surface area contributed by atoms with Crippen molar-refractivity contribution < 1.29 is 4.79 Å². The quantitative estimate of drug-likeness (QED) is 0.899. The molecule has 0 aliphatic rings. The summed E-state index contributed by atoms with van der Waals surface area (Å²) in [4.78, 5) is 15.9. The van der Waals surface area contributed by atoms with Crippen molar-refractivity contribution >= 4 is 23.3 Å². The lowest BCUT2D eigenvalue weighted by Gasteiger charge is -2.11. The van der Waals surface area contributed by atoms with Crippen LogP contribution in [0.1, 0.15) is 5.56 Å². The van der Waals surface area contributed by atoms with Gasteiger partial charge in [-0.25, -0.2) is 4.98 Å². The number of pyridine rings is 1. The van der Waals surface area contributed by atoms with Crippen LogP contribution in [-0.4, -0.2) is 16.9 Å². The van der Waals surface area contributed by atoms with Crippen molar-refractivity contribution in [2.45, 2.75) is 12.5 Å². The van der Waals surface area contributed by atoms with E-state index >= 15 is 0 Å². The van der Waals surface area contributed by atoms with Crippen LogP contribution in [-0.2, 0) is 11.2 Å². The first-order valence-electron chi connectivity index (χ1n) is 5.87. The molecule has 3 N–H and O–H groups in total. The lowest BCUT2D eigenvalue weighted by atomic mass is 10.1. The maximum absolute atomic E-state index is 11.9. The summed E-state index contributed by atoms with van der Waals surface area (Å²) < 4.78 is 0. The fraction of sp³-hybridized carbons (Fsp3) is 0.143. The molecule has 0 aliphatic heterocycles. The smallest absolute Gasteiger partial charge is 0.242 e. The Morgan fingerprint density at radius 2 is 2.00 bits per heavy atom. The number of anilines is 1. The number of carbonyl (C=O) groups excluding carboxylic acids is 1. The average Bonchev–Trinajstić information content (AvgIpc) is 2.42. The number of hydrogen-bond acceptors (Lipinski definition) is 3. The Bertz CT molecular complexity index is 542. The molecule has 0 radical (unpaired) electrons. The Labute approximate surface area is 116 Å². The summed E-state index contributed by atoms with van der Waals surface area (Å²) in [6.45, 7) is 0. The van der Waals surface area contributed by atoms with Crippen molar-refractivity contribution in [3.63, 3.8) is 0 Å². The SMILES string of the molecule is N[C@@H](Cc1ccccc1)C(=O)Nc1ccc(Cl)cn1. The molecule has 0 saturated carbocycles. The van der Waals surface area contributed by atoms with E-state index < -0.39 is 6.04 Å². The molecule has 0 saturated heterocycles. The van der Waals surface area contributed by atoms with Crippen LogP contribution in [0.25, 0.3) is 0 Å². The molecule has 2 aromatic rings. The average molecular weight is 276 g/mol. The molecule has 1 amide bonds. The molecule has 1 aromatic carbocycles. The molecule has 1 aromatic heterocycles. The van der Waals surface area contributed by atoms with Crippen molar-refractivity contribution in [2.24, 2.45) is 5.73 Å². The monoisotopic (exact) mass is 275 g/mol. The zero-order chi connectivity index (χ0) is 13.7. The van der Waals surface area contributed by atoms with E-state index in [1.54, 1.807) is 12.1 Å². The minimum Gasteiger partial charge on any atom is -0.320 e. The highest BCUT2D eigenvalue weighted by Gasteiger charge is 2.14. The van der Waals surface area contributed by atoms with E-state index in [-0.39, 0.29) is 5.91 Å². The van der Waals surface area contributed by atoms with Gasteiger partial charge in [0, 0.05) is 6.20 Å². The van der Waals surface area contributed by atoms with E-state index in [1.165, 1.54) is 6.20 Å². The number of rotatable bonds is 4. The van der Waals surface area contributed by atoms with Crippen LogP contribution in [0.4, 0.5) is 5.82 Å². The largest absolute Gasteiger partial charge is 0.320 e. The minimum atomic E-state index is -0.611. The third-order valence-corrected chi connectivity index (χ3v) is 2.84. The zero-order valence-electron chi connectivity index (χ0n) is 10.2. The molecule has 4 nitrogen and oxygen atoms in total. The van der Waals surface area contributed by atoms with Crippen molar-refractivity contribution in [1.29, 1.82) is 0 Å². The van der Waals surface area contributed by atoms with Gasteiger partial charge in [-0.3, -0.25) is 4.79 Å². The van der Waals surface area contributed by atoms with Gasteiger partial charge in [0.1, 0.15) is 5.82 Å². The molecule has 98 valence electrons. The van der Waals surface area contributed by atoms with E-state index in [9.17, 15) is 4.79 Å². The fourth-order valence-electron chi connectivity index (χ4n) is 1.63. The normalized spacial score (nSPS) is 11.9. The van der Waals surface area contributed by atoms with Gasteiger partial charge < -0.3 is 11.1 Å². The number of hydrogen-bond donors (Lipinski definition) is 2. The second-order valence-electron chi connectivity index (χ2n) is 4.15. The van der Waals surface area contributed by atoms with Gasteiger partial charge in [-0.15, -0.1) is 0 Å². The first-order chi connectivity index (χ1) is 9.15. The minimum absolute atomic E-state index is 0.265. The second-order valence-corrected chi connectivity index (χ2v) is 4.58. The van der Waals surface area contributed by atoms with Gasteiger partial charge >= 0.3 is 0 Å². The molecule has 0 fully saturated rings. The van der Waals surface area contributed by atoms with E-state index in [2.05, 4.69) is 10.3 Å². The van der Waals surface area contributed by atoms with E-state index in [0.717, 1.165) is 5.56 Å². The second kappa shape index (κ2) is 6.31. The highest BCUT2D eigenvalue weighted by atomic mass is 35.5. The summed E-state index contributed by atoms with van der Waals surface area (Å²) in [7, 11) is 0. The zero-order valence-corrected chi connectivity index (χ0v) is 11.0. The first-order valence-corrected chi connectivity index (χ1v) is 6.25. The third kappa shape index (κ3) is 4.05. The van der Waals surface area contributed by atoms with E-state index in [0.29, 0.717) is 17.3 Å². The number of nitrogens with two attached hydrogens (primary N) is 1. The van der Waals surface area contributed by atoms with Gasteiger partial charge in [0.05, 0.1) is 11.1 Å². The predicted octanol–water partition coefficient (Wildman–Crippen LogP) is 2.24. The highest BCUT2D eigenvalue weighted by molar-refractivity contribution is 6.30. The van der Waals surface area contributed by atoms with Crippen molar-refractivity contribution in [2.75, 3.05) is 5.32 Å². The molecular weight excluding hydrogens is 262 g/mol. The number of amides is 1. The molecule has 19 heavy (non-hydrogen) atoms. The summed E-state index contributed by atoms with van der Waals surface area (Å²) >= 11 is 5.72. The lowest BCUT2D eigenvalue weighted by Crippen LogP contribution is -2.37. The van der Waals surface area contributed by atoms with Crippen molar-refractivity contribution in [1.82, 2.24) is 4.98 Å². The Morgan fingerprint density at radius 1 is 1.26 bits per heavy atom. The van der Waals surface area contributed by atoms with Crippen molar-refractivity contribution in [3.05, 3.63) is 59.2 Å². The number of carbonyl (C=O) groups is 1. The number of nitrogens with zero attached hydrogens (tertiary/aromatic N) is 1. The van der Waals surface area contributed by atoms with Crippen molar-refractivity contribution in [3.8, 4) is 0 Å². The van der Waals surface area contributed by atoms with Gasteiger partial charge in [-0.1, -0.05) is 41.9 Å². The third-order valence-electron chi connectivity index (χ3n) is 2.61. The highest BCUT2D eigenvalue weighted by Crippen LogP contribution is 2.10. The van der Waals surface area contributed by atoms with Gasteiger partial charge in [-0.05, 0) is 24.1 Å². The Morgan fingerprint density at radius 3 is 2.63 bits per heavy atom. The molecule has 1 heterocycles. The maximum Gasteiger partial charge on any atom is 0.242 e. The molecular formula is C14H14ClN3O. The van der Waals surface area contributed by atoms with Crippen LogP contribution in [0.15, 0.2) is 48.7 Å². The molecule has 0 unspecified atom stereocenters. The standard InChI is InChI=1S/C14H14ClN3O/c15-11-6-7-13(17-9-11)18-14(19)12(16)8-10-4-2-1-3-5-10/h1-7,9,12H,8,16H2,(H,17,18,19)/t12-/m0/s1. The van der Waals surface area contributed by atoms with Crippen LogP contribution < -0.4 is 11.1 Å². The van der Waals surface area contributed by atoms with Gasteiger partial charge in [-0.2, -0.15) is 0 Å². The fourth-order valence-corrected chi connectivity index (χ4v) is 1.74. The van der Waals surface area contributed by atoms with Crippen LogP contribution in [0.5, 0.6) is 0 Å². The lowest BCUT2D eigenvalue weighted by molar-refractivity contribution is -0.117. The number of halogens is 1. The van der Waals surface area contributed by atoms with Gasteiger partial charge in [0.25, 0.3) is 0 Å². The molecule has 1 atom stereocenters. The number of benzene rings is 1. The molecule has 0 bridgehead atoms. The van der Waals surface area contributed by atoms with Crippen LogP contribution in [0, 0.1) is 0 Å². The Balaban J connectivity index is 1.94. The van der Waals surface area contributed by atoms with Crippen LogP contribution in [0.2, 0.25) is 5.02 Å². The molecule has 2 rings (SSSR count). The molecule has 5 heteroatoms. The summed E-state index contributed by atoms with van der Waals surface area (Å²) in [5.74, 6) is 0.177. The Kier molecular flexibility index (Phi) is 4.49. The number of nitrogens with one attached hydrogen (secondary N) is 1. The maximum atomic E-state index is 11.9. The van der Waals surface area contributed by atoms with Gasteiger partial charge in [0.2, 0.25) is 5.91 Å². The summed E-state index contributed by atoms with van der Waals surface area (Å²) in [5, 5.41) is 3.18. The topological polar surface area (TPSA) is 68.0 Å². The summed E-state index contributed by atoms with van der Waals surface area (Å²) in [6.07, 6.45) is 1.96. The van der Waals surface area contributed by atoms with Crippen LogP contribution in [0.3, 0.4) is 0 Å². The Hall–Kier alpha value is -1.91. The van der Waals surface area contributed by atoms with E-state index in [4.69, 9.17) is 17.3 Å². The van der Waals surface area contributed by atoms with Gasteiger partial charge in [0.15, 0.2) is 0 Å². The van der Waals surface area contributed by atoms with E-state index in [1.807, 2.05) is 30.3 Å². The summed E-state index contributed by atoms with van der Waals surface area (Å²) in [6, 6.07) is 12.3. The number of aromatic nitrogens is 1. The molecule has 0 aliphatic carbocycles. The molecule has 0 spiro atoms. The van der Waals surface area contributed by atoms with Crippen LogP contribution >= 0.6 is 11.6 Å². The summed E-state index contributed by atoms with van der Waals surface area (Å²) in [5.41, 5.74) is 6.88. The first kappa shape index (κ1) is 13.5. The predicted molar refractivity (Wildman–Crippen MR) is 76.0 cm³/mol.